The fraction of sp³-hybridized carbons (Fsp3) is 0.441. The van der Waals surface area contributed by atoms with Crippen LogP contribution >= 0.6 is 0 Å². The van der Waals surface area contributed by atoms with E-state index in [-0.39, 0.29) is 5.91 Å². The average molecular weight is 559 g/mol. The van der Waals surface area contributed by atoms with Gasteiger partial charge >= 0.3 is 0 Å². The lowest BCUT2D eigenvalue weighted by atomic mass is 9.93. The smallest absolute Gasteiger partial charge is 0.254 e. The topological polar surface area (TPSA) is 73.4 Å². The van der Waals surface area contributed by atoms with Gasteiger partial charge in [0.1, 0.15) is 5.82 Å². The first-order valence-corrected chi connectivity index (χ1v) is 14.8. The number of carbonyl (C=O) groups is 1. The van der Waals surface area contributed by atoms with E-state index >= 15 is 0 Å². The lowest BCUT2D eigenvalue weighted by Crippen LogP contribution is -2.30. The summed E-state index contributed by atoms with van der Waals surface area (Å²) in [6.07, 6.45) is 11.4. The van der Waals surface area contributed by atoms with Crippen molar-refractivity contribution in [1.82, 2.24) is 25.1 Å². The number of hydrogen-bond donors (Lipinski definition) is 2. The molecule has 2 aliphatic heterocycles. The van der Waals surface area contributed by atoms with Crippen molar-refractivity contribution in [3.63, 3.8) is 0 Å². The fourth-order valence-corrected chi connectivity index (χ4v) is 4.87. The van der Waals surface area contributed by atoms with Crippen LogP contribution in [0.1, 0.15) is 75.1 Å². The van der Waals surface area contributed by atoms with E-state index < -0.39 is 0 Å². The number of nitrogens with zero attached hydrogens (tertiary/aromatic N) is 4. The largest absolute Gasteiger partial charge is 0.385 e. The van der Waals surface area contributed by atoms with Crippen molar-refractivity contribution in [1.29, 1.82) is 0 Å². The monoisotopic (exact) mass is 558 g/mol. The quantitative estimate of drug-likeness (QED) is 0.400. The Morgan fingerprint density at radius 2 is 1.83 bits per heavy atom. The molecule has 0 spiro atoms. The number of nitrogens with one attached hydrogen (secondary N) is 2. The summed E-state index contributed by atoms with van der Waals surface area (Å²) in [4.78, 5) is 25.5. The summed E-state index contributed by atoms with van der Waals surface area (Å²) in [5.41, 5.74) is 10.0. The number of allylic oxidation sites excluding steroid dienone is 4. The molecule has 2 aromatic heterocycles. The standard InChI is InChI=1S/C30H38N6O.2C2H6/c1-20(15-27-22(3)32-12-9-26(27)24-7-8-28(31-4)33-17-24)19-36-13-10-23(11-14-36)29-21(2)16-25(18-34-29)30(37)35(5)6;2*1-2/h7-10,15-18,32H,11-14,19H2,1-6H3,(H,31,33);2*1-2H3/b20-15+;;. The lowest BCUT2D eigenvalue weighted by Gasteiger charge is -2.27. The second-order valence-electron chi connectivity index (χ2n) is 10.0. The first-order chi connectivity index (χ1) is 19.8. The van der Waals surface area contributed by atoms with Gasteiger partial charge in [-0.05, 0) is 62.1 Å². The first kappa shape index (κ1) is 33.5. The zero-order valence-corrected chi connectivity index (χ0v) is 26.9. The van der Waals surface area contributed by atoms with Crippen molar-refractivity contribution in [2.24, 2.45) is 0 Å². The van der Waals surface area contributed by atoms with Crippen LogP contribution < -0.4 is 10.6 Å². The van der Waals surface area contributed by atoms with Gasteiger partial charge in [0.2, 0.25) is 0 Å². The van der Waals surface area contributed by atoms with E-state index in [1.54, 1.807) is 25.2 Å². The highest BCUT2D eigenvalue weighted by molar-refractivity contribution is 5.94. The number of pyridine rings is 2. The zero-order chi connectivity index (χ0) is 30.5. The number of hydrogen-bond acceptors (Lipinski definition) is 6. The highest BCUT2D eigenvalue weighted by Gasteiger charge is 2.19. The molecular weight excluding hydrogens is 508 g/mol. The van der Waals surface area contributed by atoms with Gasteiger partial charge in [-0.2, -0.15) is 0 Å². The van der Waals surface area contributed by atoms with Gasteiger partial charge in [-0.25, -0.2) is 4.98 Å². The van der Waals surface area contributed by atoms with Gasteiger partial charge in [0.05, 0.1) is 11.3 Å². The molecule has 2 N–H and O–H groups in total. The number of aromatic nitrogens is 2. The Bertz CT molecular complexity index is 1280. The van der Waals surface area contributed by atoms with E-state index in [0.29, 0.717) is 5.56 Å². The van der Waals surface area contributed by atoms with Crippen LogP contribution in [0.15, 0.2) is 65.7 Å². The van der Waals surface area contributed by atoms with Gasteiger partial charge in [0.15, 0.2) is 0 Å². The van der Waals surface area contributed by atoms with Crippen molar-refractivity contribution < 1.29 is 4.79 Å². The summed E-state index contributed by atoms with van der Waals surface area (Å²) in [7, 11) is 5.41. The highest BCUT2D eigenvalue weighted by atomic mass is 16.2. The molecular formula is C34H50N6O. The molecule has 7 nitrogen and oxygen atoms in total. The van der Waals surface area contributed by atoms with Gasteiger partial charge in [-0.1, -0.05) is 51.5 Å². The third kappa shape index (κ3) is 8.89. The van der Waals surface area contributed by atoms with E-state index in [4.69, 9.17) is 0 Å². The normalized spacial score (nSPS) is 15.3. The Hall–Kier alpha value is -3.71. The van der Waals surface area contributed by atoms with Crippen LogP contribution in [0.4, 0.5) is 5.82 Å². The molecule has 0 aliphatic carbocycles. The number of aryl methyl sites for hydroxylation is 1. The highest BCUT2D eigenvalue weighted by Crippen LogP contribution is 2.30. The summed E-state index contributed by atoms with van der Waals surface area (Å²) in [5.74, 6) is 0.851. The number of rotatable bonds is 7. The molecule has 0 saturated heterocycles. The second kappa shape index (κ2) is 16.5. The molecule has 7 heteroatoms. The van der Waals surface area contributed by atoms with Crippen LogP contribution in [-0.2, 0) is 0 Å². The Balaban J connectivity index is 0.00000141. The molecule has 0 radical (unpaired) electrons. The summed E-state index contributed by atoms with van der Waals surface area (Å²) in [6, 6.07) is 6.10. The Kier molecular flexibility index (Phi) is 13.5. The molecule has 41 heavy (non-hydrogen) atoms. The Morgan fingerprint density at radius 1 is 1.10 bits per heavy atom. The molecule has 1 amide bonds. The number of amides is 1. The first-order valence-electron chi connectivity index (χ1n) is 14.8. The van der Waals surface area contributed by atoms with Crippen LogP contribution in [0.3, 0.4) is 0 Å². The molecule has 0 bridgehead atoms. The van der Waals surface area contributed by atoms with Crippen molar-refractivity contribution in [2.45, 2.75) is 54.9 Å². The predicted molar refractivity (Wildman–Crippen MR) is 175 cm³/mol. The van der Waals surface area contributed by atoms with Gasteiger partial charge < -0.3 is 15.5 Å². The van der Waals surface area contributed by atoms with Crippen LogP contribution in [0.25, 0.3) is 11.1 Å². The third-order valence-corrected chi connectivity index (χ3v) is 6.89. The SMILES string of the molecule is CC.CC.CNc1ccc(C2=CCNC(C)=C2/C=C(\C)CN2CC=C(c3ncc(C(=O)N(C)C)cc3C)CC2)cn1. The van der Waals surface area contributed by atoms with E-state index in [9.17, 15) is 4.79 Å². The predicted octanol–water partition coefficient (Wildman–Crippen LogP) is 6.58. The molecule has 0 saturated carbocycles. The van der Waals surface area contributed by atoms with Gasteiger partial charge in [-0.15, -0.1) is 0 Å². The van der Waals surface area contributed by atoms with E-state index in [0.717, 1.165) is 55.2 Å². The lowest BCUT2D eigenvalue weighted by molar-refractivity contribution is 0.0827. The minimum atomic E-state index is -0.0176. The van der Waals surface area contributed by atoms with Crippen molar-refractivity contribution in [3.8, 4) is 0 Å². The summed E-state index contributed by atoms with van der Waals surface area (Å²) < 4.78 is 0. The maximum absolute atomic E-state index is 12.3. The molecule has 2 aromatic rings. The summed E-state index contributed by atoms with van der Waals surface area (Å²) >= 11 is 0. The fourth-order valence-electron chi connectivity index (χ4n) is 4.87. The van der Waals surface area contributed by atoms with Crippen molar-refractivity contribution in [3.05, 3.63) is 88.0 Å². The molecule has 4 heterocycles. The van der Waals surface area contributed by atoms with Gasteiger partial charge in [0.25, 0.3) is 5.91 Å². The second-order valence-corrected chi connectivity index (χ2v) is 10.0. The minimum Gasteiger partial charge on any atom is -0.385 e. The third-order valence-electron chi connectivity index (χ3n) is 6.89. The molecule has 0 atom stereocenters. The minimum absolute atomic E-state index is 0.0176. The Labute approximate surface area is 248 Å². The van der Waals surface area contributed by atoms with E-state index in [2.05, 4.69) is 63.6 Å². The van der Waals surface area contributed by atoms with Crippen molar-refractivity contribution in [2.75, 3.05) is 52.6 Å². The van der Waals surface area contributed by atoms with Crippen molar-refractivity contribution >= 4 is 22.9 Å². The van der Waals surface area contributed by atoms with Crippen LogP contribution in [0.5, 0.6) is 0 Å². The van der Waals surface area contributed by atoms with Gasteiger partial charge in [-0.3, -0.25) is 14.7 Å². The van der Waals surface area contributed by atoms with Crippen LogP contribution in [0.2, 0.25) is 0 Å². The summed E-state index contributed by atoms with van der Waals surface area (Å²) in [6.45, 7) is 18.0. The number of anilines is 1. The molecule has 0 fully saturated rings. The number of carbonyl (C=O) groups excluding carboxylic acids is 1. The molecule has 4 rings (SSSR count). The van der Waals surface area contributed by atoms with E-state index in [1.165, 1.54) is 28.0 Å². The maximum Gasteiger partial charge on any atom is 0.254 e. The van der Waals surface area contributed by atoms with E-state index in [1.807, 2.05) is 60.0 Å². The molecule has 0 unspecified atom stereocenters. The summed E-state index contributed by atoms with van der Waals surface area (Å²) in [5, 5.41) is 6.57. The molecule has 0 aromatic carbocycles. The maximum atomic E-state index is 12.3. The Morgan fingerprint density at radius 3 is 2.39 bits per heavy atom. The average Bonchev–Trinajstić information content (AvgIpc) is 3.00. The number of dihydropyridines is 1. The van der Waals surface area contributed by atoms with Crippen LogP contribution in [0, 0.1) is 6.92 Å². The molecule has 2 aliphatic rings. The zero-order valence-electron chi connectivity index (χ0n) is 26.9. The van der Waals surface area contributed by atoms with Crippen LogP contribution in [-0.4, -0.2) is 73.0 Å². The molecule has 222 valence electrons. The van der Waals surface area contributed by atoms with Gasteiger partial charge in [0, 0.05) is 76.5 Å².